The van der Waals surface area contributed by atoms with Crippen LogP contribution in [0, 0.1) is 12.3 Å². The Balaban J connectivity index is 2.98. The van der Waals surface area contributed by atoms with Crippen LogP contribution in [0.1, 0.15) is 36.7 Å². The second-order valence-corrected chi connectivity index (χ2v) is 4.19. The maximum absolute atomic E-state index is 11.7. The molecule has 2 heteroatoms. The van der Waals surface area contributed by atoms with E-state index in [0.717, 1.165) is 0 Å². The fraction of sp³-hybridized carbons (Fsp3) is 0.308. The van der Waals surface area contributed by atoms with Gasteiger partial charge in [0.25, 0.3) is 0 Å². The summed E-state index contributed by atoms with van der Waals surface area (Å²) in [6.45, 7) is 5.47. The molecule has 0 spiro atoms. The molecule has 0 N–H and O–H groups in total. The predicted molar refractivity (Wildman–Crippen MR) is 59.5 cm³/mol. The highest BCUT2D eigenvalue weighted by molar-refractivity contribution is 5.92. The summed E-state index contributed by atoms with van der Waals surface area (Å²) in [5.74, 6) is 2.08. The minimum atomic E-state index is -0.501. The first kappa shape index (κ1) is 11.3. The highest BCUT2D eigenvalue weighted by atomic mass is 16.6. The number of rotatable bonds is 1. The predicted octanol–water partition coefficient (Wildman–Crippen LogP) is 2.62. The number of carbonyl (C=O) groups is 1. The Hall–Kier alpha value is -1.75. The molecule has 2 nitrogen and oxygen atoms in total. The Kier molecular flexibility index (Phi) is 3.16. The highest BCUT2D eigenvalue weighted by Crippen LogP contribution is 2.14. The lowest BCUT2D eigenvalue weighted by Gasteiger charge is -2.19. The summed E-state index contributed by atoms with van der Waals surface area (Å²) < 4.78 is 5.23. The van der Waals surface area contributed by atoms with Crippen molar-refractivity contribution in [2.45, 2.75) is 26.4 Å². The van der Waals surface area contributed by atoms with E-state index in [9.17, 15) is 4.79 Å². The Bertz CT molecular complexity index is 405. The Morgan fingerprint density at radius 2 is 1.93 bits per heavy atom. The third-order valence-electron chi connectivity index (χ3n) is 1.70. The van der Waals surface area contributed by atoms with Gasteiger partial charge in [-0.1, -0.05) is 18.1 Å². The quantitative estimate of drug-likeness (QED) is 0.517. The van der Waals surface area contributed by atoms with E-state index in [2.05, 4.69) is 5.92 Å². The molecule has 0 saturated heterocycles. The fourth-order valence-electron chi connectivity index (χ4n) is 1.12. The van der Waals surface area contributed by atoms with Gasteiger partial charge in [0.1, 0.15) is 5.60 Å². The van der Waals surface area contributed by atoms with Crippen LogP contribution >= 0.6 is 0 Å². The lowest BCUT2D eigenvalue weighted by Crippen LogP contribution is -2.24. The van der Waals surface area contributed by atoms with E-state index in [0.29, 0.717) is 11.1 Å². The summed E-state index contributed by atoms with van der Waals surface area (Å²) in [6.07, 6.45) is 5.29. The normalized spacial score (nSPS) is 10.5. The van der Waals surface area contributed by atoms with Gasteiger partial charge in [0, 0.05) is 5.56 Å². The standard InChI is InChI=1S/C13H14O2/c1-5-10-8-6-7-9-11(10)12(14)15-13(2,3)4/h1,6-9H,2-4H3. The van der Waals surface area contributed by atoms with E-state index in [1.807, 2.05) is 20.8 Å². The van der Waals surface area contributed by atoms with Gasteiger partial charge in [-0.05, 0) is 32.9 Å². The molecule has 0 amide bonds. The van der Waals surface area contributed by atoms with Gasteiger partial charge in [-0.25, -0.2) is 4.79 Å². The maximum atomic E-state index is 11.7. The molecule has 0 aliphatic carbocycles. The van der Waals surface area contributed by atoms with Crippen molar-refractivity contribution in [2.75, 3.05) is 0 Å². The number of benzene rings is 1. The zero-order valence-corrected chi connectivity index (χ0v) is 9.20. The Morgan fingerprint density at radius 3 is 2.47 bits per heavy atom. The van der Waals surface area contributed by atoms with Crippen molar-refractivity contribution < 1.29 is 9.53 Å². The third kappa shape index (κ3) is 3.14. The number of hydrogen-bond donors (Lipinski definition) is 0. The van der Waals surface area contributed by atoms with E-state index in [-0.39, 0.29) is 5.97 Å². The molecule has 78 valence electrons. The maximum Gasteiger partial charge on any atom is 0.339 e. The van der Waals surface area contributed by atoms with Crippen LogP contribution in [0.5, 0.6) is 0 Å². The van der Waals surface area contributed by atoms with Crippen LogP contribution in [-0.4, -0.2) is 11.6 Å². The number of hydrogen-bond acceptors (Lipinski definition) is 2. The lowest BCUT2D eigenvalue weighted by atomic mass is 10.1. The molecule has 0 saturated carbocycles. The average molecular weight is 202 g/mol. The lowest BCUT2D eigenvalue weighted by molar-refractivity contribution is 0.00693. The molecule has 1 aromatic carbocycles. The van der Waals surface area contributed by atoms with Crippen molar-refractivity contribution in [3.8, 4) is 12.3 Å². The van der Waals surface area contributed by atoms with Gasteiger partial charge < -0.3 is 4.74 Å². The zero-order chi connectivity index (χ0) is 11.5. The molecule has 0 atom stereocenters. The summed E-state index contributed by atoms with van der Waals surface area (Å²) in [6, 6.07) is 6.95. The summed E-state index contributed by atoms with van der Waals surface area (Å²) in [5, 5.41) is 0. The first-order chi connectivity index (χ1) is 6.94. The van der Waals surface area contributed by atoms with Crippen molar-refractivity contribution in [1.29, 1.82) is 0 Å². The monoisotopic (exact) mass is 202 g/mol. The van der Waals surface area contributed by atoms with Crippen LogP contribution in [0.4, 0.5) is 0 Å². The molecule has 1 aromatic rings. The van der Waals surface area contributed by atoms with E-state index in [1.165, 1.54) is 0 Å². The molecule has 0 aliphatic rings. The van der Waals surface area contributed by atoms with Crippen molar-refractivity contribution in [3.63, 3.8) is 0 Å². The van der Waals surface area contributed by atoms with Crippen LogP contribution in [-0.2, 0) is 4.74 Å². The van der Waals surface area contributed by atoms with Gasteiger partial charge in [0.2, 0.25) is 0 Å². The van der Waals surface area contributed by atoms with Gasteiger partial charge in [-0.3, -0.25) is 0 Å². The van der Waals surface area contributed by atoms with Gasteiger partial charge >= 0.3 is 5.97 Å². The van der Waals surface area contributed by atoms with Crippen molar-refractivity contribution in [1.82, 2.24) is 0 Å². The summed E-state index contributed by atoms with van der Waals surface area (Å²) in [4.78, 5) is 11.7. The van der Waals surface area contributed by atoms with E-state index in [1.54, 1.807) is 24.3 Å². The summed E-state index contributed by atoms with van der Waals surface area (Å²) >= 11 is 0. The average Bonchev–Trinajstić information content (AvgIpc) is 2.15. The minimum Gasteiger partial charge on any atom is -0.456 e. The molecule has 0 unspecified atom stereocenters. The Labute approximate surface area is 90.3 Å². The smallest absolute Gasteiger partial charge is 0.339 e. The zero-order valence-electron chi connectivity index (χ0n) is 9.20. The number of esters is 1. The highest BCUT2D eigenvalue weighted by Gasteiger charge is 2.19. The molecule has 15 heavy (non-hydrogen) atoms. The number of terminal acetylenes is 1. The molecule has 0 aliphatic heterocycles. The van der Waals surface area contributed by atoms with Crippen LogP contribution in [0.25, 0.3) is 0 Å². The summed E-state index contributed by atoms with van der Waals surface area (Å²) in [7, 11) is 0. The largest absolute Gasteiger partial charge is 0.456 e. The second-order valence-electron chi connectivity index (χ2n) is 4.19. The van der Waals surface area contributed by atoms with Crippen LogP contribution in [0.2, 0.25) is 0 Å². The van der Waals surface area contributed by atoms with Gasteiger partial charge in [0.05, 0.1) is 5.56 Å². The molecular weight excluding hydrogens is 188 g/mol. The molecular formula is C13H14O2. The van der Waals surface area contributed by atoms with Crippen molar-refractivity contribution in [3.05, 3.63) is 35.4 Å². The number of carbonyl (C=O) groups excluding carboxylic acids is 1. The number of ether oxygens (including phenoxy) is 1. The third-order valence-corrected chi connectivity index (χ3v) is 1.70. The fourth-order valence-corrected chi connectivity index (χ4v) is 1.12. The molecule has 0 aromatic heterocycles. The first-order valence-corrected chi connectivity index (χ1v) is 4.73. The van der Waals surface area contributed by atoms with Crippen molar-refractivity contribution in [2.24, 2.45) is 0 Å². The Morgan fingerprint density at radius 1 is 1.33 bits per heavy atom. The van der Waals surface area contributed by atoms with E-state index < -0.39 is 5.60 Å². The molecule has 0 fully saturated rings. The van der Waals surface area contributed by atoms with Gasteiger partial charge in [-0.2, -0.15) is 0 Å². The topological polar surface area (TPSA) is 26.3 Å². The molecule has 0 bridgehead atoms. The van der Waals surface area contributed by atoms with Crippen molar-refractivity contribution >= 4 is 5.97 Å². The van der Waals surface area contributed by atoms with Gasteiger partial charge in [0.15, 0.2) is 0 Å². The van der Waals surface area contributed by atoms with Gasteiger partial charge in [-0.15, -0.1) is 6.42 Å². The summed E-state index contributed by atoms with van der Waals surface area (Å²) in [5.41, 5.74) is 0.500. The minimum absolute atomic E-state index is 0.379. The van der Waals surface area contributed by atoms with E-state index >= 15 is 0 Å². The second kappa shape index (κ2) is 4.18. The first-order valence-electron chi connectivity index (χ1n) is 4.73. The molecule has 0 radical (unpaired) electrons. The van der Waals surface area contributed by atoms with Crippen LogP contribution in [0.3, 0.4) is 0 Å². The molecule has 0 heterocycles. The van der Waals surface area contributed by atoms with Crippen LogP contribution in [0.15, 0.2) is 24.3 Å². The van der Waals surface area contributed by atoms with Crippen LogP contribution < -0.4 is 0 Å². The SMILES string of the molecule is C#Cc1ccccc1C(=O)OC(C)(C)C. The van der Waals surface area contributed by atoms with E-state index in [4.69, 9.17) is 11.2 Å². The molecule has 1 rings (SSSR count).